The first-order valence-electron chi connectivity index (χ1n) is 10.6. The zero-order valence-corrected chi connectivity index (χ0v) is 18.4. The Kier molecular flexibility index (Phi) is 7.72. The Morgan fingerprint density at radius 3 is 2.23 bits per heavy atom. The fourth-order valence-electron chi connectivity index (χ4n) is 3.46. The molecule has 0 saturated heterocycles. The molecule has 0 saturated carbocycles. The number of allylic oxidation sites excluding steroid dienone is 3. The minimum atomic E-state index is 0.751. The van der Waals surface area contributed by atoms with Crippen LogP contribution in [-0.4, -0.2) is 13.1 Å². The maximum absolute atomic E-state index is 4.21. The predicted octanol–water partition coefficient (Wildman–Crippen LogP) is 6.34. The van der Waals surface area contributed by atoms with Crippen molar-refractivity contribution in [1.29, 1.82) is 0 Å². The molecule has 3 aromatic rings. The van der Waals surface area contributed by atoms with Crippen molar-refractivity contribution in [3.63, 3.8) is 0 Å². The minimum absolute atomic E-state index is 0.751. The van der Waals surface area contributed by atoms with Crippen LogP contribution in [0.2, 0.25) is 0 Å². The highest BCUT2D eigenvalue weighted by molar-refractivity contribution is 5.78. The number of aryl methyl sites for hydroxylation is 1. The Balaban J connectivity index is 1.48. The molecule has 0 aliphatic heterocycles. The molecule has 0 aliphatic carbocycles. The fraction of sp³-hybridized carbons (Fsp3) is 0.143. The quantitative estimate of drug-likeness (QED) is 0.270. The lowest BCUT2D eigenvalue weighted by atomic mass is 10.0. The van der Waals surface area contributed by atoms with Gasteiger partial charge in [0.25, 0.3) is 0 Å². The average Bonchev–Trinajstić information content (AvgIpc) is 2.78. The van der Waals surface area contributed by atoms with Crippen LogP contribution >= 0.6 is 0 Å². The molecule has 158 valence electrons. The molecule has 31 heavy (non-hydrogen) atoms. The number of para-hydroxylation sites is 1. The van der Waals surface area contributed by atoms with Crippen molar-refractivity contribution in [2.75, 3.05) is 18.4 Å². The SMILES string of the molecule is C=C(NCCN/C(C)=C/C(=C)c1ccccc1C)Nc1ccccc1-c1ccccc1. The molecule has 0 heterocycles. The minimum Gasteiger partial charge on any atom is -0.387 e. The van der Waals surface area contributed by atoms with E-state index in [9.17, 15) is 0 Å². The third-order valence-electron chi connectivity index (χ3n) is 5.05. The summed E-state index contributed by atoms with van der Waals surface area (Å²) in [4.78, 5) is 0. The number of anilines is 1. The molecule has 3 aromatic carbocycles. The van der Waals surface area contributed by atoms with Crippen molar-refractivity contribution in [2.45, 2.75) is 13.8 Å². The maximum atomic E-state index is 4.21. The van der Waals surface area contributed by atoms with Crippen LogP contribution in [0.15, 0.2) is 110 Å². The molecule has 0 aromatic heterocycles. The van der Waals surface area contributed by atoms with Crippen LogP contribution in [0.3, 0.4) is 0 Å². The second-order valence-electron chi connectivity index (χ2n) is 7.54. The lowest BCUT2D eigenvalue weighted by Crippen LogP contribution is -2.28. The highest BCUT2D eigenvalue weighted by Crippen LogP contribution is 2.28. The van der Waals surface area contributed by atoms with Gasteiger partial charge in [0, 0.05) is 30.0 Å². The van der Waals surface area contributed by atoms with E-state index < -0.39 is 0 Å². The monoisotopic (exact) mass is 409 g/mol. The predicted molar refractivity (Wildman–Crippen MR) is 135 cm³/mol. The summed E-state index contributed by atoms with van der Waals surface area (Å²) >= 11 is 0. The van der Waals surface area contributed by atoms with E-state index in [0.717, 1.165) is 41.4 Å². The largest absolute Gasteiger partial charge is 0.387 e. The van der Waals surface area contributed by atoms with E-state index in [2.05, 4.69) is 97.6 Å². The van der Waals surface area contributed by atoms with E-state index in [1.165, 1.54) is 16.7 Å². The second-order valence-corrected chi connectivity index (χ2v) is 7.54. The van der Waals surface area contributed by atoms with E-state index >= 15 is 0 Å². The Labute approximate surface area is 186 Å². The first-order valence-corrected chi connectivity index (χ1v) is 10.6. The van der Waals surface area contributed by atoms with Gasteiger partial charge in [0.1, 0.15) is 0 Å². The van der Waals surface area contributed by atoms with Crippen molar-refractivity contribution in [1.82, 2.24) is 10.6 Å². The van der Waals surface area contributed by atoms with Gasteiger partial charge in [-0.1, -0.05) is 86.0 Å². The Hall–Kier alpha value is -3.72. The van der Waals surface area contributed by atoms with Crippen LogP contribution < -0.4 is 16.0 Å². The number of hydrogen-bond acceptors (Lipinski definition) is 3. The highest BCUT2D eigenvalue weighted by Gasteiger charge is 2.05. The lowest BCUT2D eigenvalue weighted by Gasteiger charge is -2.16. The van der Waals surface area contributed by atoms with Crippen LogP contribution in [0.4, 0.5) is 5.69 Å². The summed E-state index contributed by atoms with van der Waals surface area (Å²) in [6, 6.07) is 26.9. The van der Waals surface area contributed by atoms with Crippen molar-refractivity contribution >= 4 is 11.3 Å². The van der Waals surface area contributed by atoms with E-state index in [1.54, 1.807) is 0 Å². The van der Waals surface area contributed by atoms with Crippen LogP contribution in [0.1, 0.15) is 18.1 Å². The normalized spacial score (nSPS) is 11.0. The van der Waals surface area contributed by atoms with Crippen molar-refractivity contribution < 1.29 is 0 Å². The smallest absolute Gasteiger partial charge is 0.0957 e. The molecule has 0 aliphatic rings. The third kappa shape index (κ3) is 6.38. The van der Waals surface area contributed by atoms with Crippen molar-refractivity contribution in [3.8, 4) is 11.1 Å². The fourth-order valence-corrected chi connectivity index (χ4v) is 3.46. The van der Waals surface area contributed by atoms with Crippen molar-refractivity contribution in [3.05, 3.63) is 121 Å². The van der Waals surface area contributed by atoms with Gasteiger partial charge in [-0.15, -0.1) is 0 Å². The summed E-state index contributed by atoms with van der Waals surface area (Å²) in [5.41, 5.74) is 7.87. The van der Waals surface area contributed by atoms with Gasteiger partial charge in [-0.3, -0.25) is 0 Å². The Bertz CT molecular complexity index is 1060. The summed E-state index contributed by atoms with van der Waals surface area (Å²) in [5, 5.41) is 10.2. The molecule has 0 bridgehead atoms. The van der Waals surface area contributed by atoms with E-state index in [0.29, 0.717) is 0 Å². The standard InChI is InChI=1S/C28H31N3/c1-21-12-8-9-15-26(21)22(2)20-23(3)29-18-19-30-24(4)31-28-17-11-10-16-27(28)25-13-6-5-7-14-25/h5-17,20,29-31H,2,4,18-19H2,1,3H3/b23-20+. The number of hydrogen-bond donors (Lipinski definition) is 3. The molecule has 0 fully saturated rings. The van der Waals surface area contributed by atoms with E-state index in [4.69, 9.17) is 0 Å². The van der Waals surface area contributed by atoms with Gasteiger partial charge < -0.3 is 16.0 Å². The molecule has 3 rings (SSSR count). The van der Waals surface area contributed by atoms with Gasteiger partial charge in [-0.05, 0) is 48.3 Å². The summed E-state index contributed by atoms with van der Waals surface area (Å²) in [5.74, 6) is 0.774. The summed E-state index contributed by atoms with van der Waals surface area (Å²) in [7, 11) is 0. The average molecular weight is 410 g/mol. The summed E-state index contributed by atoms with van der Waals surface area (Å²) in [6.45, 7) is 14.0. The molecule has 0 atom stereocenters. The first-order chi connectivity index (χ1) is 15.0. The maximum Gasteiger partial charge on any atom is 0.0957 e. The van der Waals surface area contributed by atoms with Crippen LogP contribution in [0.25, 0.3) is 16.7 Å². The zero-order valence-electron chi connectivity index (χ0n) is 18.4. The zero-order chi connectivity index (χ0) is 22.1. The topological polar surface area (TPSA) is 36.1 Å². The molecule has 3 heteroatoms. The molecule has 0 radical (unpaired) electrons. The second kappa shape index (κ2) is 10.9. The van der Waals surface area contributed by atoms with E-state index in [1.807, 2.05) is 30.3 Å². The molecule has 3 N–H and O–H groups in total. The van der Waals surface area contributed by atoms with Crippen LogP contribution in [-0.2, 0) is 0 Å². The summed E-state index contributed by atoms with van der Waals surface area (Å²) < 4.78 is 0. The van der Waals surface area contributed by atoms with Gasteiger partial charge in [0.2, 0.25) is 0 Å². The first kappa shape index (κ1) is 22.0. The lowest BCUT2D eigenvalue weighted by molar-refractivity contribution is 0.721. The number of benzene rings is 3. The molecular weight excluding hydrogens is 378 g/mol. The van der Waals surface area contributed by atoms with Gasteiger partial charge >= 0.3 is 0 Å². The van der Waals surface area contributed by atoms with Gasteiger partial charge in [-0.2, -0.15) is 0 Å². The molecule has 3 nitrogen and oxygen atoms in total. The van der Waals surface area contributed by atoms with Crippen molar-refractivity contribution in [2.24, 2.45) is 0 Å². The number of rotatable bonds is 10. The van der Waals surface area contributed by atoms with Crippen LogP contribution in [0, 0.1) is 6.92 Å². The Morgan fingerprint density at radius 2 is 1.45 bits per heavy atom. The highest BCUT2D eigenvalue weighted by atomic mass is 15.1. The number of nitrogens with one attached hydrogen (secondary N) is 3. The molecule has 0 amide bonds. The molecule has 0 unspecified atom stereocenters. The molecular formula is C28H31N3. The third-order valence-corrected chi connectivity index (χ3v) is 5.05. The van der Waals surface area contributed by atoms with Crippen LogP contribution in [0.5, 0.6) is 0 Å². The Morgan fingerprint density at radius 1 is 0.806 bits per heavy atom. The van der Waals surface area contributed by atoms with Gasteiger partial charge in [-0.25, -0.2) is 0 Å². The van der Waals surface area contributed by atoms with Gasteiger partial charge in [0.05, 0.1) is 5.82 Å². The molecule has 0 spiro atoms. The van der Waals surface area contributed by atoms with E-state index in [-0.39, 0.29) is 0 Å². The van der Waals surface area contributed by atoms with Gasteiger partial charge in [0.15, 0.2) is 0 Å². The summed E-state index contributed by atoms with van der Waals surface area (Å²) in [6.07, 6.45) is 2.09.